The maximum atomic E-state index is 12.2. The first-order valence-corrected chi connectivity index (χ1v) is 6.36. The fourth-order valence-electron chi connectivity index (χ4n) is 1.39. The maximum absolute atomic E-state index is 12.2. The number of ether oxygens (including phenoxy) is 1. The van der Waals surface area contributed by atoms with Crippen LogP contribution in [-0.4, -0.2) is 41.6 Å². The van der Waals surface area contributed by atoms with Crippen molar-refractivity contribution < 1.29 is 19.4 Å². The molecule has 1 aromatic rings. The summed E-state index contributed by atoms with van der Waals surface area (Å²) in [6, 6.07) is 4.86. The third kappa shape index (κ3) is 3.07. The van der Waals surface area contributed by atoms with Gasteiger partial charge in [-0.05, 0) is 48.0 Å². The Morgan fingerprint density at radius 1 is 1.37 bits per heavy atom. The van der Waals surface area contributed by atoms with E-state index in [9.17, 15) is 9.59 Å². The van der Waals surface area contributed by atoms with E-state index in [0.717, 1.165) is 0 Å². The fraction of sp³-hybridized carbons (Fsp3) is 0.385. The molecule has 0 aliphatic heterocycles. The van der Waals surface area contributed by atoms with Gasteiger partial charge in [0.25, 0.3) is 5.91 Å². The van der Waals surface area contributed by atoms with Gasteiger partial charge in [0.05, 0.1) is 11.6 Å². The minimum Gasteiger partial charge on any atom is -0.496 e. The minimum atomic E-state index is -1.27. The van der Waals surface area contributed by atoms with Crippen LogP contribution in [-0.2, 0) is 4.79 Å². The summed E-state index contributed by atoms with van der Waals surface area (Å²) in [5.41, 5.74) is -0.881. The molecule has 1 amide bonds. The number of halogens is 1. The lowest BCUT2D eigenvalue weighted by Crippen LogP contribution is -2.50. The second-order valence-corrected chi connectivity index (χ2v) is 5.43. The van der Waals surface area contributed by atoms with Gasteiger partial charge in [-0.15, -0.1) is 0 Å². The second kappa shape index (κ2) is 5.61. The highest BCUT2D eigenvalue weighted by molar-refractivity contribution is 9.10. The SMILES string of the molecule is COc1ccc(C(=O)N(C)C(C)(C)C(=O)O)cc1Br. The molecule has 0 aromatic heterocycles. The molecule has 0 atom stereocenters. The lowest BCUT2D eigenvalue weighted by atomic mass is 10.0. The smallest absolute Gasteiger partial charge is 0.329 e. The third-order valence-corrected chi connectivity index (χ3v) is 3.68. The van der Waals surface area contributed by atoms with Crippen LogP contribution < -0.4 is 4.74 Å². The molecular weight excluding hydrogens is 314 g/mol. The Hall–Kier alpha value is -1.56. The zero-order valence-electron chi connectivity index (χ0n) is 11.2. The zero-order valence-corrected chi connectivity index (χ0v) is 12.8. The number of nitrogens with zero attached hydrogens (tertiary/aromatic N) is 1. The highest BCUT2D eigenvalue weighted by Gasteiger charge is 2.35. The number of methoxy groups -OCH3 is 1. The summed E-state index contributed by atoms with van der Waals surface area (Å²) in [4.78, 5) is 24.6. The van der Waals surface area contributed by atoms with Crippen LogP contribution in [0.2, 0.25) is 0 Å². The van der Waals surface area contributed by atoms with Crippen molar-refractivity contribution in [1.82, 2.24) is 4.90 Å². The van der Waals surface area contributed by atoms with Crippen molar-refractivity contribution in [1.29, 1.82) is 0 Å². The van der Waals surface area contributed by atoms with Crippen molar-refractivity contribution in [3.05, 3.63) is 28.2 Å². The van der Waals surface area contributed by atoms with Crippen LogP contribution in [0.15, 0.2) is 22.7 Å². The van der Waals surface area contributed by atoms with Gasteiger partial charge < -0.3 is 14.7 Å². The summed E-state index contributed by atoms with van der Waals surface area (Å²) in [6.45, 7) is 2.96. The quantitative estimate of drug-likeness (QED) is 0.921. The molecule has 0 aliphatic rings. The van der Waals surface area contributed by atoms with Crippen LogP contribution in [0.1, 0.15) is 24.2 Å². The van der Waals surface area contributed by atoms with E-state index in [1.807, 2.05) is 0 Å². The number of amides is 1. The van der Waals surface area contributed by atoms with Gasteiger partial charge in [0.1, 0.15) is 11.3 Å². The molecule has 0 unspecified atom stereocenters. The molecule has 0 heterocycles. The number of hydrogen-bond donors (Lipinski definition) is 1. The van der Waals surface area contributed by atoms with E-state index in [2.05, 4.69) is 15.9 Å². The average Bonchev–Trinajstić information content (AvgIpc) is 2.36. The van der Waals surface area contributed by atoms with Crippen LogP contribution in [0.4, 0.5) is 0 Å². The lowest BCUT2D eigenvalue weighted by molar-refractivity contribution is -0.147. The lowest BCUT2D eigenvalue weighted by Gasteiger charge is -2.31. The Balaban J connectivity index is 3.07. The van der Waals surface area contributed by atoms with Crippen LogP contribution in [0, 0.1) is 0 Å². The highest BCUT2D eigenvalue weighted by Crippen LogP contribution is 2.27. The molecule has 0 bridgehead atoms. The molecule has 0 spiro atoms. The number of rotatable bonds is 4. The molecule has 1 rings (SSSR count). The van der Waals surface area contributed by atoms with Crippen molar-refractivity contribution in [3.8, 4) is 5.75 Å². The summed E-state index contributed by atoms with van der Waals surface area (Å²) in [6.07, 6.45) is 0. The van der Waals surface area contributed by atoms with E-state index in [4.69, 9.17) is 9.84 Å². The number of benzene rings is 1. The molecule has 0 saturated heterocycles. The van der Waals surface area contributed by atoms with Gasteiger partial charge in [0.15, 0.2) is 0 Å². The Kier molecular flexibility index (Phi) is 4.57. The topological polar surface area (TPSA) is 66.8 Å². The van der Waals surface area contributed by atoms with Gasteiger partial charge in [-0.3, -0.25) is 4.79 Å². The van der Waals surface area contributed by atoms with Gasteiger partial charge in [-0.2, -0.15) is 0 Å². The maximum Gasteiger partial charge on any atom is 0.329 e. The van der Waals surface area contributed by atoms with Crippen molar-refractivity contribution in [2.45, 2.75) is 19.4 Å². The van der Waals surface area contributed by atoms with Crippen molar-refractivity contribution in [2.75, 3.05) is 14.2 Å². The fourth-order valence-corrected chi connectivity index (χ4v) is 1.93. The largest absolute Gasteiger partial charge is 0.496 e. The molecule has 1 aromatic carbocycles. The molecule has 5 nitrogen and oxygen atoms in total. The van der Waals surface area contributed by atoms with Gasteiger partial charge in [-0.1, -0.05) is 0 Å². The first kappa shape index (κ1) is 15.5. The summed E-state index contributed by atoms with van der Waals surface area (Å²) in [7, 11) is 3.00. The number of carboxylic acid groups (broad SMARTS) is 1. The number of carbonyl (C=O) groups is 2. The van der Waals surface area contributed by atoms with Gasteiger partial charge in [0.2, 0.25) is 0 Å². The number of likely N-dealkylation sites (N-methyl/N-ethyl adjacent to an activating group) is 1. The predicted octanol–water partition coefficient (Wildman–Crippen LogP) is 2.39. The van der Waals surface area contributed by atoms with Crippen LogP contribution in [0.5, 0.6) is 5.75 Å². The summed E-state index contributed by atoms with van der Waals surface area (Å²) >= 11 is 3.29. The van der Waals surface area contributed by atoms with Gasteiger partial charge >= 0.3 is 5.97 Å². The average molecular weight is 330 g/mol. The van der Waals surface area contributed by atoms with Crippen LogP contribution in [0.25, 0.3) is 0 Å². The molecule has 0 radical (unpaired) electrons. The molecule has 1 N–H and O–H groups in total. The van der Waals surface area contributed by atoms with Crippen LogP contribution >= 0.6 is 15.9 Å². The zero-order chi connectivity index (χ0) is 14.8. The standard InChI is InChI=1S/C13H16BrNO4/c1-13(2,12(17)18)15(3)11(16)8-5-6-10(19-4)9(14)7-8/h5-7H,1-4H3,(H,17,18). The molecular formula is C13H16BrNO4. The number of carbonyl (C=O) groups excluding carboxylic acids is 1. The number of aliphatic carboxylic acids is 1. The normalized spacial score (nSPS) is 11.0. The summed E-state index contributed by atoms with van der Waals surface area (Å²) in [5.74, 6) is -0.816. The second-order valence-electron chi connectivity index (χ2n) is 4.58. The van der Waals surface area contributed by atoms with Crippen molar-refractivity contribution in [2.24, 2.45) is 0 Å². The summed E-state index contributed by atoms with van der Waals surface area (Å²) in [5, 5.41) is 9.12. The molecule has 0 saturated carbocycles. The van der Waals surface area contributed by atoms with E-state index in [-0.39, 0.29) is 5.91 Å². The predicted molar refractivity (Wildman–Crippen MR) is 74.5 cm³/mol. The molecule has 104 valence electrons. The first-order valence-electron chi connectivity index (χ1n) is 5.57. The van der Waals surface area contributed by atoms with Gasteiger partial charge in [-0.25, -0.2) is 4.79 Å². The van der Waals surface area contributed by atoms with E-state index in [1.165, 1.54) is 32.9 Å². The van der Waals surface area contributed by atoms with Crippen LogP contribution in [0.3, 0.4) is 0 Å². The Morgan fingerprint density at radius 3 is 2.37 bits per heavy atom. The Morgan fingerprint density at radius 2 is 1.95 bits per heavy atom. The molecule has 0 aliphatic carbocycles. The van der Waals surface area contributed by atoms with E-state index < -0.39 is 11.5 Å². The minimum absolute atomic E-state index is 0.365. The van der Waals surface area contributed by atoms with E-state index >= 15 is 0 Å². The van der Waals surface area contributed by atoms with Gasteiger partial charge in [0, 0.05) is 12.6 Å². The molecule has 6 heteroatoms. The third-order valence-electron chi connectivity index (χ3n) is 3.07. The van der Waals surface area contributed by atoms with Crippen molar-refractivity contribution in [3.63, 3.8) is 0 Å². The Labute approximate surface area is 120 Å². The van der Waals surface area contributed by atoms with E-state index in [1.54, 1.807) is 18.2 Å². The van der Waals surface area contributed by atoms with Crippen molar-refractivity contribution >= 4 is 27.8 Å². The Bertz CT molecular complexity index is 513. The number of hydrogen-bond acceptors (Lipinski definition) is 3. The monoisotopic (exact) mass is 329 g/mol. The number of carboxylic acids is 1. The highest BCUT2D eigenvalue weighted by atomic mass is 79.9. The molecule has 0 fully saturated rings. The van der Waals surface area contributed by atoms with E-state index in [0.29, 0.717) is 15.8 Å². The molecule has 19 heavy (non-hydrogen) atoms. The summed E-state index contributed by atoms with van der Waals surface area (Å²) < 4.78 is 5.72. The first-order chi connectivity index (χ1) is 8.71.